The maximum absolute atomic E-state index is 13.7. The number of rotatable bonds is 3. The number of amides is 1. The van der Waals surface area contributed by atoms with E-state index in [1.165, 1.54) is 4.90 Å². The number of sulfonamides is 1. The minimum Gasteiger partial charge on any atom is -0.444 e. The van der Waals surface area contributed by atoms with E-state index in [0.29, 0.717) is 6.07 Å². The summed E-state index contributed by atoms with van der Waals surface area (Å²) in [7, 11) is -5.46. The van der Waals surface area contributed by atoms with Crippen molar-refractivity contribution in [1.82, 2.24) is 9.21 Å². The number of nitrogens with zero attached hydrogens (tertiary/aromatic N) is 2. The maximum Gasteiger partial charge on any atom is 0.494 e. The molecule has 2 aliphatic rings. The highest BCUT2D eigenvalue weighted by Gasteiger charge is 2.52. The molecule has 0 N–H and O–H groups in total. The van der Waals surface area contributed by atoms with E-state index in [4.69, 9.17) is 14.0 Å². The van der Waals surface area contributed by atoms with E-state index in [-0.39, 0.29) is 31.6 Å². The minimum absolute atomic E-state index is 0.0376. The second kappa shape index (κ2) is 8.93. The van der Waals surface area contributed by atoms with Crippen LogP contribution >= 0.6 is 0 Å². The SMILES string of the molecule is CC(C)(C)OC(=O)N1CCN(S(=O)(=O)c2cc(B3OC(C)(C)C(C)(C)O3)cc(C(F)(F)F)c2)CC1. The standard InChI is InChI=1S/C22H32BF3N2O6S/c1-19(2,3)32-18(29)27-8-10-28(11-9-27)35(30,31)17-13-15(22(24,25)26)12-16(14-17)23-33-20(4,5)21(6,7)34-23/h12-14H,8-11H2,1-7H3. The van der Waals surface area contributed by atoms with Gasteiger partial charge >= 0.3 is 19.4 Å². The van der Waals surface area contributed by atoms with Crippen molar-refractivity contribution in [2.45, 2.75) is 76.3 Å². The van der Waals surface area contributed by atoms with Gasteiger partial charge in [0.2, 0.25) is 10.0 Å². The van der Waals surface area contributed by atoms with Crippen molar-refractivity contribution >= 4 is 28.7 Å². The van der Waals surface area contributed by atoms with Crippen LogP contribution in [0.1, 0.15) is 54.0 Å². The summed E-state index contributed by atoms with van der Waals surface area (Å²) < 4.78 is 85.8. The van der Waals surface area contributed by atoms with Gasteiger partial charge in [0.25, 0.3) is 0 Å². The first-order chi connectivity index (χ1) is 15.7. The van der Waals surface area contributed by atoms with Gasteiger partial charge in [-0.05, 0) is 66.1 Å². The molecule has 0 unspecified atom stereocenters. The van der Waals surface area contributed by atoms with Crippen LogP contribution in [-0.2, 0) is 30.2 Å². The van der Waals surface area contributed by atoms with Crippen molar-refractivity contribution in [3.05, 3.63) is 23.8 Å². The van der Waals surface area contributed by atoms with Crippen molar-refractivity contribution in [2.24, 2.45) is 0 Å². The summed E-state index contributed by atoms with van der Waals surface area (Å²) in [4.78, 5) is 13.1. The Hall–Kier alpha value is -1.83. The van der Waals surface area contributed by atoms with Crippen LogP contribution < -0.4 is 5.46 Å². The average Bonchev–Trinajstić information content (AvgIpc) is 2.93. The summed E-state index contributed by atoms with van der Waals surface area (Å²) in [6.45, 7) is 12.1. The van der Waals surface area contributed by atoms with E-state index >= 15 is 0 Å². The quantitative estimate of drug-likeness (QED) is 0.570. The van der Waals surface area contributed by atoms with Crippen molar-refractivity contribution in [1.29, 1.82) is 0 Å². The summed E-state index contributed by atoms with van der Waals surface area (Å²) >= 11 is 0. The van der Waals surface area contributed by atoms with Gasteiger partial charge in [-0.2, -0.15) is 17.5 Å². The predicted molar refractivity (Wildman–Crippen MR) is 124 cm³/mol. The topological polar surface area (TPSA) is 85.4 Å². The number of hydrogen-bond acceptors (Lipinski definition) is 6. The number of halogens is 3. The molecule has 0 spiro atoms. The highest BCUT2D eigenvalue weighted by molar-refractivity contribution is 7.89. The molecule has 1 aromatic carbocycles. The molecule has 35 heavy (non-hydrogen) atoms. The molecular formula is C22H32BF3N2O6S. The molecule has 0 aliphatic carbocycles. The summed E-state index contributed by atoms with van der Waals surface area (Å²) in [5.41, 5.74) is -3.49. The van der Waals surface area contributed by atoms with Gasteiger partial charge in [0.1, 0.15) is 5.60 Å². The molecule has 0 bridgehead atoms. The Morgan fingerprint density at radius 2 is 1.49 bits per heavy atom. The number of carbonyl (C=O) groups excluding carboxylic acids is 1. The molecule has 2 heterocycles. The average molecular weight is 520 g/mol. The number of benzene rings is 1. The van der Waals surface area contributed by atoms with Gasteiger partial charge in [-0.1, -0.05) is 6.07 Å². The second-order valence-corrected chi connectivity index (χ2v) is 12.7. The largest absolute Gasteiger partial charge is 0.494 e. The molecule has 2 aliphatic heterocycles. The summed E-state index contributed by atoms with van der Waals surface area (Å²) in [5, 5.41) is 0. The molecule has 8 nitrogen and oxygen atoms in total. The van der Waals surface area contributed by atoms with Gasteiger partial charge in [-0.25, -0.2) is 13.2 Å². The Labute approximate surface area is 204 Å². The lowest BCUT2D eigenvalue weighted by molar-refractivity contribution is -0.137. The van der Waals surface area contributed by atoms with Crippen molar-refractivity contribution < 1.29 is 40.4 Å². The monoisotopic (exact) mass is 520 g/mol. The third-order valence-electron chi connectivity index (χ3n) is 6.31. The fraction of sp³-hybridized carbons (Fsp3) is 0.682. The van der Waals surface area contributed by atoms with E-state index in [2.05, 4.69) is 0 Å². The third kappa shape index (κ3) is 5.95. The van der Waals surface area contributed by atoms with E-state index in [1.54, 1.807) is 48.5 Å². The van der Waals surface area contributed by atoms with Crippen LogP contribution in [0.3, 0.4) is 0 Å². The fourth-order valence-electron chi connectivity index (χ4n) is 3.64. The molecule has 3 rings (SSSR count). The van der Waals surface area contributed by atoms with Gasteiger partial charge < -0.3 is 18.9 Å². The molecule has 1 amide bonds. The third-order valence-corrected chi connectivity index (χ3v) is 8.19. The van der Waals surface area contributed by atoms with Gasteiger partial charge in [0.15, 0.2) is 0 Å². The number of hydrogen-bond donors (Lipinski definition) is 0. The van der Waals surface area contributed by atoms with Crippen LogP contribution in [0.2, 0.25) is 0 Å². The maximum atomic E-state index is 13.7. The first kappa shape index (κ1) is 27.8. The Morgan fingerprint density at radius 3 is 1.94 bits per heavy atom. The molecule has 2 saturated heterocycles. The van der Waals surface area contributed by atoms with Gasteiger partial charge in [0, 0.05) is 26.2 Å². The lowest BCUT2D eigenvalue weighted by Crippen LogP contribution is -2.51. The molecule has 13 heteroatoms. The lowest BCUT2D eigenvalue weighted by Gasteiger charge is -2.35. The molecule has 0 aromatic heterocycles. The summed E-state index contributed by atoms with van der Waals surface area (Å²) in [6.07, 6.45) is -5.35. The first-order valence-corrected chi connectivity index (χ1v) is 12.7. The van der Waals surface area contributed by atoms with E-state index in [1.807, 2.05) is 0 Å². The molecule has 1 aromatic rings. The van der Waals surface area contributed by atoms with Crippen LogP contribution in [0.5, 0.6) is 0 Å². The lowest BCUT2D eigenvalue weighted by atomic mass is 9.78. The molecule has 0 radical (unpaired) electrons. The molecular weight excluding hydrogens is 488 g/mol. The van der Waals surface area contributed by atoms with Crippen LogP contribution in [0.4, 0.5) is 18.0 Å². The Balaban J connectivity index is 1.88. The highest BCUT2D eigenvalue weighted by Crippen LogP contribution is 2.37. The van der Waals surface area contributed by atoms with Gasteiger partial charge in [-0.3, -0.25) is 0 Å². The number of piperazine rings is 1. The molecule has 0 atom stereocenters. The number of ether oxygens (including phenoxy) is 1. The normalized spacial score (nSPS) is 21.3. The smallest absolute Gasteiger partial charge is 0.444 e. The van der Waals surface area contributed by atoms with Crippen LogP contribution in [0.15, 0.2) is 23.1 Å². The zero-order valence-corrected chi connectivity index (χ0v) is 21.8. The zero-order valence-electron chi connectivity index (χ0n) is 21.0. The minimum atomic E-state index is -4.78. The molecule has 2 fully saturated rings. The number of carbonyl (C=O) groups is 1. The van der Waals surface area contributed by atoms with E-state index < -0.39 is 56.7 Å². The van der Waals surface area contributed by atoms with Gasteiger partial charge in [0.05, 0.1) is 21.7 Å². The van der Waals surface area contributed by atoms with Crippen LogP contribution in [-0.4, -0.2) is 73.8 Å². The second-order valence-electron chi connectivity index (χ2n) is 10.7. The number of alkyl halides is 3. The molecule has 196 valence electrons. The van der Waals surface area contributed by atoms with E-state index in [0.717, 1.165) is 16.4 Å². The Bertz CT molecular complexity index is 1060. The van der Waals surface area contributed by atoms with Crippen molar-refractivity contribution in [2.75, 3.05) is 26.2 Å². The summed E-state index contributed by atoms with van der Waals surface area (Å²) in [5.74, 6) is 0. The van der Waals surface area contributed by atoms with Crippen molar-refractivity contribution in [3.63, 3.8) is 0 Å². The van der Waals surface area contributed by atoms with Crippen molar-refractivity contribution in [3.8, 4) is 0 Å². The zero-order chi connectivity index (χ0) is 26.6. The van der Waals surface area contributed by atoms with Gasteiger partial charge in [-0.15, -0.1) is 0 Å². The Morgan fingerprint density at radius 1 is 0.971 bits per heavy atom. The summed E-state index contributed by atoms with van der Waals surface area (Å²) in [6, 6.07) is 2.62. The molecule has 0 saturated carbocycles. The fourth-order valence-corrected chi connectivity index (χ4v) is 5.14. The van der Waals surface area contributed by atoms with Crippen LogP contribution in [0, 0.1) is 0 Å². The van der Waals surface area contributed by atoms with E-state index in [9.17, 15) is 26.4 Å². The predicted octanol–water partition coefficient (Wildman–Crippen LogP) is 3.25. The Kier molecular flexibility index (Phi) is 7.08. The highest BCUT2D eigenvalue weighted by atomic mass is 32.2. The first-order valence-electron chi connectivity index (χ1n) is 11.3. The van der Waals surface area contributed by atoms with Crippen LogP contribution in [0.25, 0.3) is 0 Å².